The number of ether oxygens (including phenoxy) is 3. The Morgan fingerprint density at radius 3 is 1.88 bits per heavy atom. The molecule has 1 N–H and O–H groups in total. The summed E-state index contributed by atoms with van der Waals surface area (Å²) in [4.78, 5) is 28.1. The predicted molar refractivity (Wildman–Crippen MR) is 192 cm³/mol. The van der Waals surface area contributed by atoms with Crippen LogP contribution in [0.1, 0.15) is 52.0 Å². The first kappa shape index (κ1) is 36.3. The molecule has 2 fully saturated rings. The van der Waals surface area contributed by atoms with Gasteiger partial charge in [0.05, 0.1) is 19.8 Å². The van der Waals surface area contributed by atoms with Crippen LogP contribution >= 0.6 is 7.60 Å². The molecule has 2 aliphatic rings. The molecule has 5 atom stereocenters. The molecule has 2 aliphatic heterocycles. The van der Waals surface area contributed by atoms with Crippen LogP contribution in [0.25, 0.3) is 0 Å². The fourth-order valence-corrected chi connectivity index (χ4v) is 13.7. The minimum absolute atomic E-state index is 0.0455. The highest BCUT2D eigenvalue weighted by Crippen LogP contribution is 2.70. The van der Waals surface area contributed by atoms with Crippen LogP contribution < -0.4 is 21.6 Å². The summed E-state index contributed by atoms with van der Waals surface area (Å²) in [6, 6.07) is 29.3. The Morgan fingerprint density at radius 2 is 1.36 bits per heavy atom. The highest BCUT2D eigenvalue weighted by molar-refractivity contribution is 7.54. The van der Waals surface area contributed by atoms with Crippen molar-refractivity contribution in [1.29, 1.82) is 0 Å². The van der Waals surface area contributed by atoms with Crippen LogP contribution in [0.5, 0.6) is 0 Å². The normalized spacial score (nSPS) is 24.0. The number of nitrogens with zero attached hydrogens (tertiary/aromatic N) is 1. The molecule has 50 heavy (non-hydrogen) atoms. The van der Waals surface area contributed by atoms with Crippen LogP contribution in [-0.4, -0.2) is 56.0 Å². The molecule has 266 valence electrons. The standard InChI is InChI=1S/C37H45N2O9PSi/c1-7-43-49(42,44-8-2)37(27-18-12-9-13-19-27)47-31-30(46-34(32(31)48-37)39-24-26(3)33(40)38-35(39)41)25-45-50(36(4,5)6,28-20-14-10-15-21-28)29-22-16-11-17-23-29/h9-24,30-32,34H,7-8,25H2,1-6H3,(H,38,40,41)/t30-,31-,32-,34-,37-/m1/s1. The average Bonchev–Trinajstić information content (AvgIpc) is 3.66. The van der Waals surface area contributed by atoms with E-state index >= 15 is 0 Å². The molecule has 1 aromatic heterocycles. The smallest absolute Gasteiger partial charge is 0.394 e. The minimum atomic E-state index is -4.20. The second-order valence-corrected chi connectivity index (χ2v) is 19.9. The van der Waals surface area contributed by atoms with Crippen molar-refractivity contribution in [3.05, 3.63) is 129 Å². The molecule has 3 aromatic carbocycles. The molecule has 11 nitrogen and oxygen atoms in total. The molecule has 6 rings (SSSR count). The van der Waals surface area contributed by atoms with Crippen LogP contribution in [0.3, 0.4) is 0 Å². The lowest BCUT2D eigenvalue weighted by atomic mass is 10.1. The van der Waals surface area contributed by atoms with E-state index in [1.165, 1.54) is 10.8 Å². The largest absolute Gasteiger partial charge is 0.405 e. The summed E-state index contributed by atoms with van der Waals surface area (Å²) < 4.78 is 55.4. The number of aromatic amines is 1. The van der Waals surface area contributed by atoms with Crippen molar-refractivity contribution in [3.8, 4) is 0 Å². The zero-order valence-corrected chi connectivity index (χ0v) is 31.1. The fraction of sp³-hybridized carbons (Fsp3) is 0.405. The summed E-state index contributed by atoms with van der Waals surface area (Å²) in [6.45, 7) is 11.7. The summed E-state index contributed by atoms with van der Waals surface area (Å²) in [7, 11) is -7.25. The first-order valence-electron chi connectivity index (χ1n) is 16.9. The molecular formula is C37H45N2O9PSi. The Hall–Kier alpha value is -3.45. The van der Waals surface area contributed by atoms with Gasteiger partial charge in [-0.05, 0) is 36.2 Å². The maximum Gasteiger partial charge on any atom is 0.394 e. The Kier molecular flexibility index (Phi) is 10.4. The molecule has 2 saturated heterocycles. The summed E-state index contributed by atoms with van der Waals surface area (Å²) in [5.74, 6) is 0. The first-order chi connectivity index (χ1) is 23.9. The second kappa shape index (κ2) is 14.3. The molecule has 4 aromatic rings. The number of fused-ring (bicyclic) bond motifs is 1. The molecular weight excluding hydrogens is 675 g/mol. The van der Waals surface area contributed by atoms with E-state index in [1.807, 2.05) is 42.5 Å². The molecule has 0 amide bonds. The number of aryl methyl sites for hydroxylation is 1. The zero-order chi connectivity index (χ0) is 35.7. The Bertz CT molecular complexity index is 1880. The van der Waals surface area contributed by atoms with E-state index in [1.54, 1.807) is 45.0 Å². The highest BCUT2D eigenvalue weighted by Gasteiger charge is 2.68. The van der Waals surface area contributed by atoms with Crippen molar-refractivity contribution in [1.82, 2.24) is 9.55 Å². The lowest BCUT2D eigenvalue weighted by Crippen LogP contribution is -2.67. The zero-order valence-electron chi connectivity index (χ0n) is 29.2. The highest BCUT2D eigenvalue weighted by atomic mass is 31.2. The maximum absolute atomic E-state index is 14.8. The van der Waals surface area contributed by atoms with Gasteiger partial charge in [0.2, 0.25) is 0 Å². The summed E-state index contributed by atoms with van der Waals surface area (Å²) in [6.07, 6.45) is -2.34. The molecule has 0 unspecified atom stereocenters. The van der Waals surface area contributed by atoms with Crippen LogP contribution in [0.2, 0.25) is 5.04 Å². The third-order valence-corrected chi connectivity index (χ3v) is 16.7. The van der Waals surface area contributed by atoms with E-state index < -0.39 is 57.2 Å². The van der Waals surface area contributed by atoms with Gasteiger partial charge in [-0.25, -0.2) is 4.79 Å². The Labute approximate surface area is 293 Å². The number of aromatic nitrogens is 2. The lowest BCUT2D eigenvalue weighted by molar-refractivity contribution is -0.191. The minimum Gasteiger partial charge on any atom is -0.405 e. The van der Waals surface area contributed by atoms with Crippen LogP contribution in [0, 0.1) is 6.92 Å². The first-order valence-corrected chi connectivity index (χ1v) is 20.4. The SMILES string of the molecule is CCOP(=O)(OCC)[C@@]1(c2ccccc2)O[C@@H]2[C@H](O1)[C@@H](CO[Si](c1ccccc1)(c1ccccc1)C(C)(C)C)O[C@H]2n1cc(C)c(=O)[nH]c1=O. The predicted octanol–water partition coefficient (Wildman–Crippen LogP) is 5.18. The Morgan fingerprint density at radius 1 is 0.840 bits per heavy atom. The molecule has 0 saturated carbocycles. The van der Waals surface area contributed by atoms with Gasteiger partial charge in [-0.15, -0.1) is 0 Å². The topological polar surface area (TPSA) is 127 Å². The molecule has 0 radical (unpaired) electrons. The molecule has 3 heterocycles. The van der Waals surface area contributed by atoms with Gasteiger partial charge in [0, 0.05) is 17.3 Å². The van der Waals surface area contributed by atoms with Crippen molar-refractivity contribution in [2.45, 2.75) is 76.6 Å². The van der Waals surface area contributed by atoms with Gasteiger partial charge in [0.15, 0.2) is 6.23 Å². The number of hydrogen-bond donors (Lipinski definition) is 1. The molecule has 13 heteroatoms. The average molecular weight is 721 g/mol. The maximum atomic E-state index is 14.8. The molecule has 0 bridgehead atoms. The number of benzene rings is 3. The number of hydrogen-bond acceptors (Lipinski definition) is 9. The van der Waals surface area contributed by atoms with Crippen molar-refractivity contribution in [2.75, 3.05) is 19.8 Å². The van der Waals surface area contributed by atoms with Gasteiger partial charge >= 0.3 is 18.8 Å². The number of rotatable bonds is 12. The summed E-state index contributed by atoms with van der Waals surface area (Å²) >= 11 is 0. The summed E-state index contributed by atoms with van der Waals surface area (Å²) in [5, 5.41) is 1.83. The fourth-order valence-electron chi connectivity index (χ4n) is 7.09. The monoisotopic (exact) mass is 720 g/mol. The van der Waals surface area contributed by atoms with Gasteiger partial charge in [-0.2, -0.15) is 0 Å². The number of nitrogens with one attached hydrogen (secondary N) is 1. The van der Waals surface area contributed by atoms with Crippen LogP contribution in [0.15, 0.2) is 107 Å². The van der Waals surface area contributed by atoms with E-state index in [9.17, 15) is 14.2 Å². The third-order valence-electron chi connectivity index (χ3n) is 9.28. The van der Waals surface area contributed by atoms with E-state index in [0.29, 0.717) is 11.1 Å². The van der Waals surface area contributed by atoms with Crippen molar-refractivity contribution >= 4 is 26.3 Å². The van der Waals surface area contributed by atoms with E-state index in [4.69, 9.17) is 27.7 Å². The van der Waals surface area contributed by atoms with Gasteiger partial charge in [-0.1, -0.05) is 112 Å². The summed E-state index contributed by atoms with van der Waals surface area (Å²) in [5.41, 5.74) is -2.45. The lowest BCUT2D eigenvalue weighted by Gasteiger charge is -2.43. The van der Waals surface area contributed by atoms with Gasteiger partial charge < -0.3 is 27.7 Å². The molecule has 0 aliphatic carbocycles. The van der Waals surface area contributed by atoms with Gasteiger partial charge in [0.1, 0.15) is 18.3 Å². The molecule has 0 spiro atoms. The van der Waals surface area contributed by atoms with Gasteiger partial charge in [-0.3, -0.25) is 18.9 Å². The van der Waals surface area contributed by atoms with E-state index in [0.717, 1.165) is 10.4 Å². The quantitative estimate of drug-likeness (QED) is 0.156. The number of H-pyrrole nitrogens is 1. The van der Waals surface area contributed by atoms with Crippen LogP contribution in [-0.2, 0) is 37.8 Å². The third kappa shape index (κ3) is 6.22. The second-order valence-electron chi connectivity index (χ2n) is 13.5. The van der Waals surface area contributed by atoms with E-state index in [2.05, 4.69) is 50.0 Å². The van der Waals surface area contributed by atoms with Crippen molar-refractivity contribution in [2.24, 2.45) is 0 Å². The Balaban J connectivity index is 1.49. The van der Waals surface area contributed by atoms with Gasteiger partial charge in [0.25, 0.3) is 13.9 Å². The van der Waals surface area contributed by atoms with Crippen LogP contribution in [0.4, 0.5) is 0 Å². The van der Waals surface area contributed by atoms with Crippen molar-refractivity contribution < 1.29 is 32.2 Å². The van der Waals surface area contributed by atoms with E-state index in [-0.39, 0.29) is 24.9 Å². The van der Waals surface area contributed by atoms with Crippen molar-refractivity contribution in [3.63, 3.8) is 0 Å².